The molecule has 2 unspecified atom stereocenters. The Morgan fingerprint density at radius 1 is 1.30 bits per heavy atom. The molecular weight excluding hydrogens is 254 g/mol. The smallest absolute Gasteiger partial charge is 0.148 e. The summed E-state index contributed by atoms with van der Waals surface area (Å²) in [5.41, 5.74) is 3.64. The van der Waals surface area contributed by atoms with Gasteiger partial charge < -0.3 is 15.8 Å². The van der Waals surface area contributed by atoms with E-state index < -0.39 is 0 Å². The Hall–Kier alpha value is -1.40. The van der Waals surface area contributed by atoms with Gasteiger partial charge in [0.05, 0.1) is 6.10 Å². The largest absolute Gasteiger partial charge is 0.393 e. The van der Waals surface area contributed by atoms with Gasteiger partial charge in [0.15, 0.2) is 0 Å². The van der Waals surface area contributed by atoms with Gasteiger partial charge in [-0.05, 0) is 19.3 Å². The predicted octanol–water partition coefficient (Wildman–Crippen LogP) is 1.68. The van der Waals surface area contributed by atoms with Crippen molar-refractivity contribution in [2.75, 3.05) is 17.3 Å². The summed E-state index contributed by atoms with van der Waals surface area (Å²) in [6.45, 7) is 2.86. The number of aromatic nitrogens is 2. The molecule has 0 aromatic carbocycles. The first-order valence-corrected chi connectivity index (χ1v) is 7.48. The van der Waals surface area contributed by atoms with E-state index in [4.69, 9.17) is 5.84 Å². The van der Waals surface area contributed by atoms with Crippen LogP contribution in [0.15, 0.2) is 6.33 Å². The maximum absolute atomic E-state index is 10.0. The van der Waals surface area contributed by atoms with Crippen LogP contribution in [0.25, 0.3) is 0 Å². The number of hydrogen-bond donors (Lipinski definition) is 4. The molecule has 5 N–H and O–H groups in total. The minimum Gasteiger partial charge on any atom is -0.393 e. The van der Waals surface area contributed by atoms with Crippen molar-refractivity contribution in [3.05, 3.63) is 11.9 Å². The minimum absolute atomic E-state index is 0.195. The van der Waals surface area contributed by atoms with E-state index in [1.54, 1.807) is 0 Å². The van der Waals surface area contributed by atoms with Crippen molar-refractivity contribution < 1.29 is 5.11 Å². The molecule has 0 aliphatic heterocycles. The molecule has 0 amide bonds. The lowest BCUT2D eigenvalue weighted by molar-refractivity contribution is 0.0763. The second kappa shape index (κ2) is 7.40. The Bertz CT molecular complexity index is 426. The highest BCUT2D eigenvalue weighted by molar-refractivity contribution is 5.56. The van der Waals surface area contributed by atoms with Crippen LogP contribution in [0, 0.1) is 5.92 Å². The van der Waals surface area contributed by atoms with Gasteiger partial charge in [-0.15, -0.1) is 0 Å². The van der Waals surface area contributed by atoms with Crippen LogP contribution in [-0.4, -0.2) is 27.7 Å². The minimum atomic E-state index is -0.195. The Morgan fingerprint density at radius 2 is 2.05 bits per heavy atom. The number of nitrogens with two attached hydrogens (primary N) is 1. The topological polar surface area (TPSA) is 96.1 Å². The zero-order chi connectivity index (χ0) is 14.4. The van der Waals surface area contributed by atoms with Gasteiger partial charge in [0.25, 0.3) is 0 Å². The highest BCUT2D eigenvalue weighted by Crippen LogP contribution is 2.26. The summed E-state index contributed by atoms with van der Waals surface area (Å²) in [7, 11) is 0. The first-order valence-electron chi connectivity index (χ1n) is 7.48. The van der Waals surface area contributed by atoms with Gasteiger partial charge in [0, 0.05) is 18.0 Å². The van der Waals surface area contributed by atoms with E-state index in [-0.39, 0.29) is 6.10 Å². The van der Waals surface area contributed by atoms with Gasteiger partial charge in [-0.2, -0.15) is 0 Å². The fourth-order valence-corrected chi connectivity index (χ4v) is 2.83. The Kier molecular flexibility index (Phi) is 5.55. The molecule has 0 saturated heterocycles. The van der Waals surface area contributed by atoms with Crippen molar-refractivity contribution in [2.45, 2.75) is 51.6 Å². The molecule has 1 fully saturated rings. The summed E-state index contributed by atoms with van der Waals surface area (Å²) in [6.07, 6.45) is 7.50. The van der Waals surface area contributed by atoms with E-state index >= 15 is 0 Å². The third-order valence-electron chi connectivity index (χ3n) is 3.98. The van der Waals surface area contributed by atoms with Crippen molar-refractivity contribution >= 4 is 11.6 Å². The monoisotopic (exact) mass is 279 g/mol. The summed E-state index contributed by atoms with van der Waals surface area (Å²) < 4.78 is 0. The first-order chi connectivity index (χ1) is 9.76. The van der Waals surface area contributed by atoms with E-state index in [1.165, 1.54) is 12.7 Å². The third-order valence-corrected chi connectivity index (χ3v) is 3.98. The summed E-state index contributed by atoms with van der Waals surface area (Å²) in [5, 5.41) is 13.4. The molecule has 6 nitrogen and oxygen atoms in total. The number of nitrogens with one attached hydrogen (secondary N) is 2. The van der Waals surface area contributed by atoms with Crippen LogP contribution < -0.4 is 16.6 Å². The molecular formula is C14H25N5O. The van der Waals surface area contributed by atoms with Crippen LogP contribution in [0.4, 0.5) is 11.6 Å². The molecule has 6 heteroatoms. The molecule has 1 aromatic rings. The Balaban J connectivity index is 2.04. The van der Waals surface area contributed by atoms with E-state index in [2.05, 4.69) is 27.6 Å². The zero-order valence-electron chi connectivity index (χ0n) is 12.1. The van der Waals surface area contributed by atoms with Gasteiger partial charge in [0.1, 0.15) is 18.0 Å². The van der Waals surface area contributed by atoms with Crippen LogP contribution in [0.3, 0.4) is 0 Å². The van der Waals surface area contributed by atoms with Crippen molar-refractivity contribution in [1.82, 2.24) is 9.97 Å². The van der Waals surface area contributed by atoms with Crippen molar-refractivity contribution in [1.29, 1.82) is 0 Å². The molecule has 1 aromatic heterocycles. The van der Waals surface area contributed by atoms with Crippen molar-refractivity contribution in [2.24, 2.45) is 11.8 Å². The van der Waals surface area contributed by atoms with Gasteiger partial charge in [0.2, 0.25) is 0 Å². The quantitative estimate of drug-likeness (QED) is 0.467. The fraction of sp³-hybridized carbons (Fsp3) is 0.714. The maximum atomic E-state index is 10.0. The second-order valence-electron chi connectivity index (χ2n) is 5.44. The van der Waals surface area contributed by atoms with Crippen LogP contribution in [0.1, 0.15) is 44.6 Å². The van der Waals surface area contributed by atoms with E-state index in [0.29, 0.717) is 11.7 Å². The highest BCUT2D eigenvalue weighted by atomic mass is 16.3. The number of hydrogen-bond acceptors (Lipinski definition) is 6. The predicted molar refractivity (Wildman–Crippen MR) is 80.3 cm³/mol. The summed E-state index contributed by atoms with van der Waals surface area (Å²) >= 11 is 0. The normalized spacial score (nSPS) is 22.6. The number of aliphatic hydroxyl groups is 1. The second-order valence-corrected chi connectivity index (χ2v) is 5.44. The molecule has 112 valence electrons. The third kappa shape index (κ3) is 3.58. The molecule has 0 bridgehead atoms. The van der Waals surface area contributed by atoms with Gasteiger partial charge >= 0.3 is 0 Å². The van der Waals surface area contributed by atoms with E-state index in [9.17, 15) is 5.11 Å². The number of nitrogens with zero attached hydrogens (tertiary/aromatic N) is 2. The Labute approximate surface area is 120 Å². The average molecular weight is 279 g/mol. The van der Waals surface area contributed by atoms with E-state index in [1.807, 2.05) is 0 Å². The molecule has 20 heavy (non-hydrogen) atoms. The van der Waals surface area contributed by atoms with Crippen LogP contribution in [-0.2, 0) is 6.42 Å². The number of anilines is 2. The molecule has 0 radical (unpaired) electrons. The summed E-state index contributed by atoms with van der Waals surface area (Å²) in [6, 6.07) is 0. The molecule has 1 heterocycles. The number of rotatable bonds is 6. The lowest BCUT2D eigenvalue weighted by Crippen LogP contribution is -2.30. The van der Waals surface area contributed by atoms with Gasteiger partial charge in [-0.1, -0.05) is 26.2 Å². The van der Waals surface area contributed by atoms with E-state index in [0.717, 1.165) is 50.0 Å². The number of aliphatic hydroxyl groups excluding tert-OH is 1. The maximum Gasteiger partial charge on any atom is 0.148 e. The standard InChI is InChI=1S/C14H25N5O/c1-2-5-11-13(17-9-18-14(11)19-15)16-8-10-6-3-4-7-12(10)20/h9-10,12,20H,2-8,15H2,1H3,(H2,16,17,18,19). The zero-order valence-corrected chi connectivity index (χ0v) is 12.1. The van der Waals surface area contributed by atoms with Crippen LogP contribution in [0.2, 0.25) is 0 Å². The average Bonchev–Trinajstić information content (AvgIpc) is 2.47. The van der Waals surface area contributed by atoms with Crippen LogP contribution in [0.5, 0.6) is 0 Å². The Morgan fingerprint density at radius 3 is 2.75 bits per heavy atom. The van der Waals surface area contributed by atoms with Crippen molar-refractivity contribution in [3.8, 4) is 0 Å². The SMILES string of the molecule is CCCc1c(NN)ncnc1NCC1CCCCC1O. The molecule has 1 aliphatic rings. The molecule has 1 aliphatic carbocycles. The summed E-state index contributed by atoms with van der Waals surface area (Å²) in [4.78, 5) is 8.47. The lowest BCUT2D eigenvalue weighted by Gasteiger charge is -2.28. The highest BCUT2D eigenvalue weighted by Gasteiger charge is 2.23. The van der Waals surface area contributed by atoms with Crippen molar-refractivity contribution in [3.63, 3.8) is 0 Å². The molecule has 2 rings (SSSR count). The number of nitrogen functional groups attached to an aromatic ring is 1. The number of hydrazine groups is 1. The summed E-state index contributed by atoms with van der Waals surface area (Å²) in [5.74, 6) is 7.31. The fourth-order valence-electron chi connectivity index (χ4n) is 2.83. The molecule has 2 atom stereocenters. The molecule has 0 spiro atoms. The van der Waals surface area contributed by atoms with Gasteiger partial charge in [-0.25, -0.2) is 15.8 Å². The lowest BCUT2D eigenvalue weighted by atomic mass is 9.86. The van der Waals surface area contributed by atoms with Crippen LogP contribution >= 0.6 is 0 Å². The van der Waals surface area contributed by atoms with Gasteiger partial charge in [-0.3, -0.25) is 0 Å². The first kappa shape index (κ1) is 15.0. The molecule has 1 saturated carbocycles.